The Hall–Kier alpha value is -3.43. The van der Waals surface area contributed by atoms with Gasteiger partial charge in [-0.05, 0) is 43.4 Å². The standard InChI is InChI=1S/C22H30N2O8/c25-18(6-1-2-7-19(26)27)14-16(21(30)31)5-3-4-12-23-22(32)24-17-10-8-15(9-11-17)13-20(28)29/h8-11,16H,1-7,12-14H2,(H,26,27)(H,28,29)(H,30,31)(H2,23,24,32)/t16-/m1/s1. The number of unbranched alkanes of at least 4 members (excludes halogenated alkanes) is 2. The summed E-state index contributed by atoms with van der Waals surface area (Å²) in [6.07, 6.45) is 2.19. The summed E-state index contributed by atoms with van der Waals surface area (Å²) in [6.45, 7) is 0.332. The van der Waals surface area contributed by atoms with Crippen molar-refractivity contribution in [1.29, 1.82) is 0 Å². The molecule has 2 amide bonds. The molecule has 0 saturated carbocycles. The second kappa shape index (κ2) is 14.6. The van der Waals surface area contributed by atoms with Crippen LogP contribution in [0.3, 0.4) is 0 Å². The largest absolute Gasteiger partial charge is 0.481 e. The van der Waals surface area contributed by atoms with Crippen molar-refractivity contribution in [2.24, 2.45) is 5.92 Å². The molecule has 10 nitrogen and oxygen atoms in total. The highest BCUT2D eigenvalue weighted by molar-refractivity contribution is 5.89. The highest BCUT2D eigenvalue weighted by Crippen LogP contribution is 2.16. The third-order valence-corrected chi connectivity index (χ3v) is 4.75. The molecule has 1 aromatic rings. The number of rotatable bonds is 16. The minimum Gasteiger partial charge on any atom is -0.481 e. The highest BCUT2D eigenvalue weighted by Gasteiger charge is 2.20. The van der Waals surface area contributed by atoms with E-state index in [1.165, 1.54) is 0 Å². The number of ketones is 1. The van der Waals surface area contributed by atoms with Crippen LogP contribution in [0.15, 0.2) is 24.3 Å². The van der Waals surface area contributed by atoms with Gasteiger partial charge in [-0.15, -0.1) is 0 Å². The van der Waals surface area contributed by atoms with E-state index >= 15 is 0 Å². The van der Waals surface area contributed by atoms with Gasteiger partial charge in [-0.2, -0.15) is 0 Å². The number of anilines is 1. The predicted molar refractivity (Wildman–Crippen MR) is 116 cm³/mol. The van der Waals surface area contributed by atoms with E-state index in [-0.39, 0.29) is 31.5 Å². The van der Waals surface area contributed by atoms with E-state index in [9.17, 15) is 29.1 Å². The molecule has 32 heavy (non-hydrogen) atoms. The average Bonchev–Trinajstić information content (AvgIpc) is 2.71. The molecule has 176 valence electrons. The van der Waals surface area contributed by atoms with Gasteiger partial charge in [0.05, 0.1) is 12.3 Å². The second-order valence-electron chi connectivity index (χ2n) is 7.52. The van der Waals surface area contributed by atoms with Crippen molar-refractivity contribution in [2.75, 3.05) is 11.9 Å². The first kappa shape index (κ1) is 26.6. The van der Waals surface area contributed by atoms with Crippen LogP contribution in [0.1, 0.15) is 56.9 Å². The van der Waals surface area contributed by atoms with Crippen molar-refractivity contribution in [3.8, 4) is 0 Å². The van der Waals surface area contributed by atoms with E-state index in [4.69, 9.17) is 10.2 Å². The summed E-state index contributed by atoms with van der Waals surface area (Å²) in [5, 5.41) is 31.9. The summed E-state index contributed by atoms with van der Waals surface area (Å²) in [5.41, 5.74) is 1.14. The Bertz CT molecular complexity index is 792. The lowest BCUT2D eigenvalue weighted by atomic mass is 9.94. The van der Waals surface area contributed by atoms with Gasteiger partial charge in [-0.1, -0.05) is 18.6 Å². The number of benzene rings is 1. The molecule has 0 aliphatic heterocycles. The molecule has 0 unspecified atom stereocenters. The Labute approximate surface area is 186 Å². The first-order chi connectivity index (χ1) is 15.2. The van der Waals surface area contributed by atoms with Gasteiger partial charge in [0.2, 0.25) is 0 Å². The molecule has 1 aromatic carbocycles. The van der Waals surface area contributed by atoms with Gasteiger partial charge in [-0.25, -0.2) is 4.79 Å². The maximum Gasteiger partial charge on any atom is 0.319 e. The lowest BCUT2D eigenvalue weighted by Gasteiger charge is -2.12. The molecule has 0 aliphatic rings. The van der Waals surface area contributed by atoms with Crippen LogP contribution in [0.25, 0.3) is 0 Å². The average molecular weight is 450 g/mol. The van der Waals surface area contributed by atoms with Crippen molar-refractivity contribution < 1.29 is 39.3 Å². The molecular weight excluding hydrogens is 420 g/mol. The molecule has 0 fully saturated rings. The molecule has 0 saturated heterocycles. The van der Waals surface area contributed by atoms with Crippen molar-refractivity contribution in [1.82, 2.24) is 5.32 Å². The predicted octanol–water partition coefficient (Wildman–Crippen LogP) is 2.91. The molecule has 0 aliphatic carbocycles. The highest BCUT2D eigenvalue weighted by atomic mass is 16.4. The Kier molecular flexibility index (Phi) is 12.1. The fraction of sp³-hybridized carbons (Fsp3) is 0.500. The number of carboxylic acid groups (broad SMARTS) is 3. The molecule has 1 rings (SSSR count). The van der Waals surface area contributed by atoms with Crippen LogP contribution < -0.4 is 10.6 Å². The van der Waals surface area contributed by atoms with Gasteiger partial charge in [-0.3, -0.25) is 19.2 Å². The van der Waals surface area contributed by atoms with Gasteiger partial charge >= 0.3 is 23.9 Å². The first-order valence-corrected chi connectivity index (χ1v) is 10.5. The topological polar surface area (TPSA) is 170 Å². The summed E-state index contributed by atoms with van der Waals surface area (Å²) in [6, 6.07) is 6.01. The number of hydrogen-bond donors (Lipinski definition) is 5. The Balaban J connectivity index is 2.25. The number of Topliss-reactive ketones (excluding diaryl/α,β-unsaturated/α-hetero) is 1. The van der Waals surface area contributed by atoms with E-state index in [1.54, 1.807) is 24.3 Å². The van der Waals surface area contributed by atoms with Crippen LogP contribution in [0.2, 0.25) is 0 Å². The molecule has 0 aromatic heterocycles. The molecule has 0 heterocycles. The van der Waals surface area contributed by atoms with Gasteiger partial charge < -0.3 is 26.0 Å². The van der Waals surface area contributed by atoms with Crippen molar-refractivity contribution in [3.63, 3.8) is 0 Å². The van der Waals surface area contributed by atoms with E-state index in [0.29, 0.717) is 49.9 Å². The van der Waals surface area contributed by atoms with Crippen molar-refractivity contribution >= 4 is 35.4 Å². The number of aliphatic carboxylic acids is 3. The summed E-state index contributed by atoms with van der Waals surface area (Å²) < 4.78 is 0. The van der Waals surface area contributed by atoms with Gasteiger partial charge in [0.25, 0.3) is 0 Å². The van der Waals surface area contributed by atoms with E-state index < -0.39 is 29.9 Å². The normalized spacial score (nSPS) is 11.4. The molecule has 1 atom stereocenters. The Morgan fingerprint density at radius 2 is 1.47 bits per heavy atom. The van der Waals surface area contributed by atoms with Gasteiger partial charge in [0, 0.05) is 31.5 Å². The van der Waals surface area contributed by atoms with Gasteiger partial charge in [0.1, 0.15) is 5.78 Å². The van der Waals surface area contributed by atoms with Crippen LogP contribution in [-0.2, 0) is 25.6 Å². The smallest absolute Gasteiger partial charge is 0.319 e. The van der Waals surface area contributed by atoms with Crippen LogP contribution >= 0.6 is 0 Å². The molecule has 5 N–H and O–H groups in total. The number of amides is 2. The van der Waals surface area contributed by atoms with Crippen LogP contribution in [-0.4, -0.2) is 51.6 Å². The van der Waals surface area contributed by atoms with E-state index in [1.807, 2.05) is 0 Å². The zero-order valence-electron chi connectivity index (χ0n) is 17.8. The SMILES string of the molecule is O=C(O)CCCCC(=O)C[C@@H](CCCCNC(=O)Nc1ccc(CC(=O)O)cc1)C(=O)O. The fourth-order valence-electron chi connectivity index (χ4n) is 3.06. The maximum absolute atomic E-state index is 11.9. The third-order valence-electron chi connectivity index (χ3n) is 4.75. The zero-order chi connectivity index (χ0) is 23.9. The molecule has 0 spiro atoms. The number of carbonyl (C=O) groups excluding carboxylic acids is 2. The maximum atomic E-state index is 11.9. The monoisotopic (exact) mass is 450 g/mol. The Morgan fingerprint density at radius 3 is 2.06 bits per heavy atom. The van der Waals surface area contributed by atoms with Crippen molar-refractivity contribution in [3.05, 3.63) is 29.8 Å². The Morgan fingerprint density at radius 1 is 0.812 bits per heavy atom. The minimum atomic E-state index is -1.04. The lowest BCUT2D eigenvalue weighted by molar-refractivity contribution is -0.144. The number of carbonyl (C=O) groups is 5. The first-order valence-electron chi connectivity index (χ1n) is 10.5. The summed E-state index contributed by atoms with van der Waals surface area (Å²) in [5.74, 6) is -3.87. The quantitative estimate of drug-likeness (QED) is 0.239. The van der Waals surface area contributed by atoms with Crippen LogP contribution in [0.5, 0.6) is 0 Å². The summed E-state index contributed by atoms with van der Waals surface area (Å²) in [7, 11) is 0. The molecule has 0 bridgehead atoms. The number of urea groups is 1. The lowest BCUT2D eigenvalue weighted by Crippen LogP contribution is -2.29. The number of nitrogens with one attached hydrogen (secondary N) is 2. The fourth-order valence-corrected chi connectivity index (χ4v) is 3.06. The zero-order valence-corrected chi connectivity index (χ0v) is 17.8. The summed E-state index contributed by atoms with van der Waals surface area (Å²) >= 11 is 0. The van der Waals surface area contributed by atoms with Gasteiger partial charge in [0.15, 0.2) is 0 Å². The second-order valence-corrected chi connectivity index (χ2v) is 7.52. The molecule has 0 radical (unpaired) electrons. The van der Waals surface area contributed by atoms with Crippen molar-refractivity contribution in [2.45, 2.75) is 57.8 Å². The van der Waals surface area contributed by atoms with E-state index in [0.717, 1.165) is 0 Å². The number of carboxylic acids is 3. The van der Waals surface area contributed by atoms with E-state index in [2.05, 4.69) is 10.6 Å². The number of hydrogen-bond acceptors (Lipinski definition) is 5. The molecule has 10 heteroatoms. The minimum absolute atomic E-state index is 0.00769. The molecular formula is C22H30N2O8. The third kappa shape index (κ3) is 12.3. The van der Waals surface area contributed by atoms with Crippen LogP contribution in [0.4, 0.5) is 10.5 Å². The summed E-state index contributed by atoms with van der Waals surface area (Å²) in [4.78, 5) is 56.3. The van der Waals surface area contributed by atoms with Crippen LogP contribution in [0, 0.1) is 5.92 Å².